The minimum absolute atomic E-state index is 0.105. The molecule has 2 aliphatic rings. The third-order valence-electron chi connectivity index (χ3n) is 7.17. The van der Waals surface area contributed by atoms with Crippen molar-refractivity contribution in [3.8, 4) is 0 Å². The van der Waals surface area contributed by atoms with Gasteiger partial charge < -0.3 is 9.53 Å². The lowest BCUT2D eigenvalue weighted by atomic mass is 9.78. The number of rotatable bonds is 2. The van der Waals surface area contributed by atoms with Crippen molar-refractivity contribution in [3.63, 3.8) is 0 Å². The molecule has 0 aromatic carbocycles. The van der Waals surface area contributed by atoms with Gasteiger partial charge in [0.1, 0.15) is 0 Å². The van der Waals surface area contributed by atoms with Gasteiger partial charge >= 0.3 is 0 Å². The molecule has 25 heavy (non-hydrogen) atoms. The SMILES string of the molecule is CC1=CC(O[Si](C)(C)C(C)(C)C)[C@@H]2CCCCCCCCCC[C@]12O. The first-order chi connectivity index (χ1) is 11.6. The topological polar surface area (TPSA) is 29.5 Å². The highest BCUT2D eigenvalue weighted by Gasteiger charge is 2.49. The van der Waals surface area contributed by atoms with E-state index in [1.54, 1.807) is 0 Å². The van der Waals surface area contributed by atoms with E-state index in [0.29, 0.717) is 0 Å². The van der Waals surface area contributed by atoms with Crippen LogP contribution in [0.2, 0.25) is 18.1 Å². The zero-order valence-electron chi connectivity index (χ0n) is 17.7. The second-order valence-electron chi connectivity index (χ2n) is 10.1. The summed E-state index contributed by atoms with van der Waals surface area (Å²) in [5, 5.41) is 11.8. The Bertz CT molecular complexity index is 463. The molecule has 3 heteroatoms. The fraction of sp³-hybridized carbons (Fsp3) is 0.909. The van der Waals surface area contributed by atoms with Crippen LogP contribution >= 0.6 is 0 Å². The summed E-state index contributed by atoms with van der Waals surface area (Å²) >= 11 is 0. The Kier molecular flexibility index (Phi) is 7.00. The summed E-state index contributed by atoms with van der Waals surface area (Å²) in [6, 6.07) is 0. The van der Waals surface area contributed by atoms with Gasteiger partial charge in [-0.25, -0.2) is 0 Å². The van der Waals surface area contributed by atoms with Crippen LogP contribution in [0.1, 0.15) is 91.9 Å². The van der Waals surface area contributed by atoms with E-state index in [4.69, 9.17) is 4.43 Å². The van der Waals surface area contributed by atoms with Gasteiger partial charge in [-0.3, -0.25) is 0 Å². The number of aliphatic hydroxyl groups is 1. The smallest absolute Gasteiger partial charge is 0.192 e. The average molecular weight is 367 g/mol. The van der Waals surface area contributed by atoms with Crippen molar-refractivity contribution in [1.29, 1.82) is 0 Å². The predicted molar refractivity (Wildman–Crippen MR) is 110 cm³/mol. The third kappa shape index (κ3) is 4.99. The van der Waals surface area contributed by atoms with E-state index in [0.717, 1.165) is 19.3 Å². The van der Waals surface area contributed by atoms with Gasteiger partial charge in [0, 0.05) is 5.92 Å². The first kappa shape index (κ1) is 21.2. The first-order valence-electron chi connectivity index (χ1n) is 10.7. The molecular weight excluding hydrogens is 324 g/mol. The van der Waals surface area contributed by atoms with Crippen molar-refractivity contribution in [3.05, 3.63) is 11.6 Å². The summed E-state index contributed by atoms with van der Waals surface area (Å²) in [5.74, 6) is 0.251. The number of hydrogen-bond donors (Lipinski definition) is 1. The van der Waals surface area contributed by atoms with Gasteiger partial charge in [0.15, 0.2) is 8.32 Å². The van der Waals surface area contributed by atoms with Gasteiger partial charge in [-0.05, 0) is 43.5 Å². The van der Waals surface area contributed by atoms with Crippen molar-refractivity contribution < 1.29 is 9.53 Å². The lowest BCUT2D eigenvalue weighted by Crippen LogP contribution is -2.48. The van der Waals surface area contributed by atoms with Crippen LogP contribution in [-0.4, -0.2) is 25.1 Å². The van der Waals surface area contributed by atoms with Gasteiger partial charge in [0.25, 0.3) is 0 Å². The Balaban J connectivity index is 2.18. The molecule has 1 N–H and O–H groups in total. The molecule has 0 spiro atoms. The van der Waals surface area contributed by atoms with Crippen LogP contribution < -0.4 is 0 Å². The molecule has 0 aromatic rings. The second kappa shape index (κ2) is 8.27. The molecule has 0 aliphatic heterocycles. The Morgan fingerprint density at radius 2 is 1.52 bits per heavy atom. The molecule has 2 aliphatic carbocycles. The van der Waals surface area contributed by atoms with Crippen LogP contribution in [0.4, 0.5) is 0 Å². The van der Waals surface area contributed by atoms with Crippen LogP contribution in [0.5, 0.6) is 0 Å². The molecule has 0 radical (unpaired) electrons. The largest absolute Gasteiger partial charge is 0.410 e. The molecule has 0 saturated heterocycles. The Labute approximate surface area is 157 Å². The maximum absolute atomic E-state index is 11.6. The predicted octanol–water partition coefficient (Wildman–Crippen LogP) is 6.60. The standard InChI is InChI=1S/C22H42O2Si/c1-18-17-20(24-25(5,6)21(2,3)4)19-15-13-11-9-7-8-10-12-14-16-22(18,19)23/h17,19-20,23H,7-16H2,1-6H3/t19-,20?,22-/m0/s1. The van der Waals surface area contributed by atoms with E-state index in [1.807, 2.05) is 0 Å². The molecule has 2 nitrogen and oxygen atoms in total. The summed E-state index contributed by atoms with van der Waals surface area (Å²) in [7, 11) is -1.83. The molecule has 0 bridgehead atoms. The van der Waals surface area contributed by atoms with E-state index >= 15 is 0 Å². The number of fused-ring (bicyclic) bond motifs is 1. The van der Waals surface area contributed by atoms with E-state index in [-0.39, 0.29) is 17.1 Å². The Morgan fingerprint density at radius 1 is 1.00 bits per heavy atom. The highest BCUT2D eigenvalue weighted by atomic mass is 28.4. The molecule has 3 atom stereocenters. The van der Waals surface area contributed by atoms with Crippen LogP contribution in [-0.2, 0) is 4.43 Å². The van der Waals surface area contributed by atoms with E-state index in [9.17, 15) is 5.11 Å². The van der Waals surface area contributed by atoms with Crippen molar-refractivity contribution in [1.82, 2.24) is 0 Å². The highest BCUT2D eigenvalue weighted by Crippen LogP contribution is 2.47. The maximum Gasteiger partial charge on any atom is 0.192 e. The maximum atomic E-state index is 11.6. The lowest BCUT2D eigenvalue weighted by Gasteiger charge is -2.42. The fourth-order valence-corrected chi connectivity index (χ4v) is 5.58. The van der Waals surface area contributed by atoms with Crippen LogP contribution in [0.25, 0.3) is 0 Å². The molecule has 146 valence electrons. The Morgan fingerprint density at radius 3 is 2.08 bits per heavy atom. The highest BCUT2D eigenvalue weighted by molar-refractivity contribution is 6.74. The van der Waals surface area contributed by atoms with Crippen molar-refractivity contribution in [2.24, 2.45) is 5.92 Å². The zero-order chi connectivity index (χ0) is 18.7. The summed E-state index contributed by atoms with van der Waals surface area (Å²) in [5.41, 5.74) is 0.532. The van der Waals surface area contributed by atoms with Crippen LogP contribution in [0, 0.1) is 5.92 Å². The van der Waals surface area contributed by atoms with Crippen molar-refractivity contribution >= 4 is 8.32 Å². The van der Waals surface area contributed by atoms with Gasteiger partial charge in [0.2, 0.25) is 0 Å². The fourth-order valence-electron chi connectivity index (χ4n) is 4.31. The quantitative estimate of drug-likeness (QED) is 0.441. The zero-order valence-corrected chi connectivity index (χ0v) is 18.7. The summed E-state index contributed by atoms with van der Waals surface area (Å²) in [6.07, 6.45) is 14.8. The summed E-state index contributed by atoms with van der Waals surface area (Å²) < 4.78 is 6.80. The molecule has 1 saturated carbocycles. The van der Waals surface area contributed by atoms with Gasteiger partial charge in [-0.2, -0.15) is 0 Å². The van der Waals surface area contributed by atoms with E-state index < -0.39 is 13.9 Å². The molecule has 0 heterocycles. The third-order valence-corrected chi connectivity index (χ3v) is 11.6. The molecule has 0 aromatic heterocycles. The molecule has 1 unspecified atom stereocenters. The normalized spacial score (nSPS) is 33.2. The first-order valence-corrected chi connectivity index (χ1v) is 13.6. The van der Waals surface area contributed by atoms with Crippen molar-refractivity contribution in [2.75, 3.05) is 0 Å². The van der Waals surface area contributed by atoms with Crippen molar-refractivity contribution in [2.45, 2.75) is 122 Å². The van der Waals surface area contributed by atoms with Gasteiger partial charge in [-0.1, -0.05) is 78.2 Å². The molecule has 1 fully saturated rings. The molecule has 0 amide bonds. The second-order valence-corrected chi connectivity index (χ2v) is 14.8. The van der Waals surface area contributed by atoms with Gasteiger partial charge in [0.05, 0.1) is 11.7 Å². The van der Waals surface area contributed by atoms with E-state index in [1.165, 1.54) is 50.5 Å². The average Bonchev–Trinajstić information content (AvgIpc) is 2.69. The summed E-state index contributed by atoms with van der Waals surface area (Å²) in [4.78, 5) is 0. The van der Waals surface area contributed by atoms with E-state index in [2.05, 4.69) is 46.9 Å². The summed E-state index contributed by atoms with van der Waals surface area (Å²) in [6.45, 7) is 13.7. The lowest BCUT2D eigenvalue weighted by molar-refractivity contribution is -0.0223. The van der Waals surface area contributed by atoms with Crippen LogP contribution in [0.3, 0.4) is 0 Å². The minimum atomic E-state index is -1.83. The minimum Gasteiger partial charge on any atom is -0.410 e. The Hall–Kier alpha value is -0.123. The monoisotopic (exact) mass is 366 g/mol. The molecular formula is C22H42O2Si. The van der Waals surface area contributed by atoms with Gasteiger partial charge in [-0.15, -0.1) is 0 Å². The molecule has 2 rings (SSSR count). The number of hydrogen-bond acceptors (Lipinski definition) is 2. The van der Waals surface area contributed by atoms with Crippen LogP contribution in [0.15, 0.2) is 11.6 Å².